The molecule has 1 heterocycles. The summed E-state index contributed by atoms with van der Waals surface area (Å²) in [6, 6.07) is 1.34. The Kier molecular flexibility index (Phi) is 4.94. The lowest BCUT2D eigenvalue weighted by atomic mass is 10.4. The predicted octanol–water partition coefficient (Wildman–Crippen LogP) is 2.88. The monoisotopic (exact) mass is 261 g/mol. The minimum atomic E-state index is -4.60. The molecule has 0 aliphatic carbocycles. The molecule has 4 nitrogen and oxygen atoms in total. The van der Waals surface area contributed by atoms with Crippen molar-refractivity contribution in [2.24, 2.45) is 0 Å². The Bertz CT molecular complexity index is 407. The van der Waals surface area contributed by atoms with Crippen molar-refractivity contribution >= 4 is 5.82 Å². The Morgan fingerprint density at radius 2 is 2.17 bits per heavy atom. The van der Waals surface area contributed by atoms with Crippen LogP contribution in [0.1, 0.15) is 19.2 Å². The topological polar surface area (TPSA) is 47.0 Å². The van der Waals surface area contributed by atoms with E-state index in [-0.39, 0.29) is 18.3 Å². The number of rotatable bonds is 6. The van der Waals surface area contributed by atoms with Crippen LogP contribution in [0.15, 0.2) is 18.7 Å². The third-order valence-electron chi connectivity index (χ3n) is 1.89. The van der Waals surface area contributed by atoms with Gasteiger partial charge in [0.05, 0.1) is 6.61 Å². The van der Waals surface area contributed by atoms with Gasteiger partial charge < -0.3 is 10.1 Å². The first-order valence-corrected chi connectivity index (χ1v) is 5.41. The van der Waals surface area contributed by atoms with Crippen molar-refractivity contribution in [3.05, 3.63) is 24.5 Å². The maximum absolute atomic E-state index is 12.6. The molecular formula is C11H14F3N3O. The van der Waals surface area contributed by atoms with E-state index < -0.39 is 12.0 Å². The molecule has 0 aliphatic rings. The van der Waals surface area contributed by atoms with Crippen molar-refractivity contribution in [1.82, 2.24) is 9.97 Å². The highest BCUT2D eigenvalue weighted by Gasteiger charge is 2.35. The summed E-state index contributed by atoms with van der Waals surface area (Å²) in [7, 11) is 0. The molecule has 1 aromatic rings. The smallest absolute Gasteiger partial charge is 0.451 e. The maximum Gasteiger partial charge on any atom is 0.451 e. The molecule has 0 fully saturated rings. The Morgan fingerprint density at radius 1 is 1.44 bits per heavy atom. The van der Waals surface area contributed by atoms with Crippen LogP contribution in [0.4, 0.5) is 19.0 Å². The summed E-state index contributed by atoms with van der Waals surface area (Å²) in [5.74, 6) is -1.22. The Labute approximate surface area is 103 Å². The van der Waals surface area contributed by atoms with Crippen molar-refractivity contribution in [2.45, 2.75) is 19.5 Å². The lowest BCUT2D eigenvalue weighted by Crippen LogP contribution is -2.14. The molecule has 1 N–H and O–H groups in total. The number of ether oxygens (including phenoxy) is 1. The molecular weight excluding hydrogens is 247 g/mol. The van der Waals surface area contributed by atoms with E-state index in [4.69, 9.17) is 4.74 Å². The van der Waals surface area contributed by atoms with E-state index in [0.717, 1.165) is 0 Å². The van der Waals surface area contributed by atoms with Crippen molar-refractivity contribution in [3.8, 4) is 5.88 Å². The van der Waals surface area contributed by atoms with E-state index in [1.165, 1.54) is 6.07 Å². The molecule has 100 valence electrons. The molecule has 0 aromatic carbocycles. The number of anilines is 1. The molecule has 18 heavy (non-hydrogen) atoms. The number of nitrogens with one attached hydrogen (secondary N) is 1. The lowest BCUT2D eigenvalue weighted by molar-refractivity contribution is -0.145. The second-order valence-electron chi connectivity index (χ2n) is 3.37. The van der Waals surface area contributed by atoms with Crippen molar-refractivity contribution in [1.29, 1.82) is 0 Å². The van der Waals surface area contributed by atoms with Crippen LogP contribution in [-0.4, -0.2) is 23.1 Å². The first kappa shape index (κ1) is 14.3. The summed E-state index contributed by atoms with van der Waals surface area (Å²) in [5.41, 5.74) is 0. The standard InChI is InChI=1S/C11H14F3N3O/c1-3-5-6-18-9-7-8(15-4-2)16-10(17-9)11(12,13)14/h3,7H,1,4-6H2,2H3,(H,15,16,17). The van der Waals surface area contributed by atoms with Gasteiger partial charge in [0.1, 0.15) is 5.82 Å². The minimum absolute atomic E-state index is 0.0911. The van der Waals surface area contributed by atoms with E-state index in [0.29, 0.717) is 13.0 Å². The lowest BCUT2D eigenvalue weighted by Gasteiger charge is -2.11. The average Bonchev–Trinajstić information content (AvgIpc) is 2.28. The number of halogens is 3. The van der Waals surface area contributed by atoms with Crippen LogP contribution >= 0.6 is 0 Å². The summed E-state index contributed by atoms with van der Waals surface area (Å²) in [4.78, 5) is 6.70. The molecule has 0 unspecified atom stereocenters. The molecule has 0 bridgehead atoms. The Morgan fingerprint density at radius 3 is 2.72 bits per heavy atom. The highest BCUT2D eigenvalue weighted by atomic mass is 19.4. The van der Waals surface area contributed by atoms with Crippen LogP contribution in [0.5, 0.6) is 5.88 Å². The first-order chi connectivity index (χ1) is 8.47. The first-order valence-electron chi connectivity index (χ1n) is 5.41. The SMILES string of the molecule is C=CCCOc1cc(NCC)nc(C(F)(F)F)n1. The van der Waals surface area contributed by atoms with Crippen LogP contribution in [-0.2, 0) is 6.18 Å². The number of nitrogens with zero attached hydrogens (tertiary/aromatic N) is 2. The molecule has 0 aliphatic heterocycles. The largest absolute Gasteiger partial charge is 0.477 e. The van der Waals surface area contributed by atoms with Gasteiger partial charge in [-0.15, -0.1) is 6.58 Å². The highest BCUT2D eigenvalue weighted by Crippen LogP contribution is 2.28. The van der Waals surface area contributed by atoms with Crippen LogP contribution < -0.4 is 10.1 Å². The molecule has 0 atom stereocenters. The molecule has 1 aromatic heterocycles. The molecule has 1 rings (SSSR count). The summed E-state index contributed by atoms with van der Waals surface area (Å²) in [6.45, 7) is 5.93. The van der Waals surface area contributed by atoms with Crippen LogP contribution in [0.2, 0.25) is 0 Å². The van der Waals surface area contributed by atoms with E-state index in [2.05, 4.69) is 21.9 Å². The summed E-state index contributed by atoms with van der Waals surface area (Å²) in [6.07, 6.45) is -2.46. The second kappa shape index (κ2) is 6.23. The van der Waals surface area contributed by atoms with Crippen LogP contribution in [0.25, 0.3) is 0 Å². The van der Waals surface area contributed by atoms with E-state index >= 15 is 0 Å². The molecule has 7 heteroatoms. The van der Waals surface area contributed by atoms with Gasteiger partial charge in [-0.25, -0.2) is 4.98 Å². The van der Waals surface area contributed by atoms with Crippen molar-refractivity contribution in [2.75, 3.05) is 18.5 Å². The molecule has 0 amide bonds. The van der Waals surface area contributed by atoms with Crippen LogP contribution in [0, 0.1) is 0 Å². The molecule has 0 saturated heterocycles. The van der Waals surface area contributed by atoms with Gasteiger partial charge in [0.2, 0.25) is 11.7 Å². The second-order valence-corrected chi connectivity index (χ2v) is 3.37. The fraction of sp³-hybridized carbons (Fsp3) is 0.455. The number of aromatic nitrogens is 2. The van der Waals surface area contributed by atoms with Gasteiger partial charge >= 0.3 is 6.18 Å². The predicted molar refractivity (Wildman–Crippen MR) is 61.5 cm³/mol. The molecule has 0 spiro atoms. The average molecular weight is 261 g/mol. The molecule has 0 radical (unpaired) electrons. The zero-order chi connectivity index (χ0) is 13.6. The van der Waals surface area contributed by atoms with Gasteiger partial charge in [0.25, 0.3) is 0 Å². The van der Waals surface area contributed by atoms with Crippen molar-refractivity contribution < 1.29 is 17.9 Å². The van der Waals surface area contributed by atoms with Crippen LogP contribution in [0.3, 0.4) is 0 Å². The Balaban J connectivity index is 2.94. The molecule has 0 saturated carbocycles. The van der Waals surface area contributed by atoms with E-state index in [1.54, 1.807) is 13.0 Å². The zero-order valence-electron chi connectivity index (χ0n) is 9.92. The van der Waals surface area contributed by atoms with Gasteiger partial charge in [-0.3, -0.25) is 0 Å². The fourth-order valence-electron chi connectivity index (χ4n) is 1.14. The third-order valence-corrected chi connectivity index (χ3v) is 1.89. The van der Waals surface area contributed by atoms with Gasteiger partial charge in [-0.2, -0.15) is 18.2 Å². The summed E-state index contributed by atoms with van der Waals surface area (Å²) < 4.78 is 42.8. The zero-order valence-corrected chi connectivity index (χ0v) is 9.92. The van der Waals surface area contributed by atoms with Gasteiger partial charge in [-0.05, 0) is 13.3 Å². The third kappa shape index (κ3) is 4.23. The Hall–Kier alpha value is -1.79. The van der Waals surface area contributed by atoms with Crippen molar-refractivity contribution in [3.63, 3.8) is 0 Å². The van der Waals surface area contributed by atoms with Gasteiger partial charge in [0, 0.05) is 12.6 Å². The number of alkyl halides is 3. The quantitative estimate of drug-likeness (QED) is 0.632. The number of hydrogen-bond acceptors (Lipinski definition) is 4. The summed E-state index contributed by atoms with van der Waals surface area (Å²) in [5, 5.41) is 2.70. The summed E-state index contributed by atoms with van der Waals surface area (Å²) >= 11 is 0. The highest BCUT2D eigenvalue weighted by molar-refractivity contribution is 5.38. The fourth-order valence-corrected chi connectivity index (χ4v) is 1.14. The van der Waals surface area contributed by atoms with E-state index in [9.17, 15) is 13.2 Å². The number of hydrogen-bond donors (Lipinski definition) is 1. The minimum Gasteiger partial charge on any atom is -0.477 e. The normalized spacial score (nSPS) is 11.1. The van der Waals surface area contributed by atoms with Gasteiger partial charge in [-0.1, -0.05) is 6.08 Å². The van der Waals surface area contributed by atoms with Gasteiger partial charge in [0.15, 0.2) is 0 Å². The van der Waals surface area contributed by atoms with E-state index in [1.807, 2.05) is 0 Å². The maximum atomic E-state index is 12.6.